The second-order valence-electron chi connectivity index (χ2n) is 6.24. The van der Waals surface area contributed by atoms with Crippen LogP contribution in [0.3, 0.4) is 0 Å². The first-order valence-electron chi connectivity index (χ1n) is 5.57. The largest absolute Gasteiger partial charge is 0.392 e. The van der Waals surface area contributed by atoms with E-state index in [2.05, 4.69) is 34.3 Å². The molecule has 1 fully saturated rings. The standard InChI is InChI=1S/C13H24O/c1-10(8-14)11-6-7-12(2,3)9-13(11,4)5/h11,14H,1,6-9H2,2-5H3. The molecule has 1 unspecified atom stereocenters. The molecule has 0 amide bonds. The van der Waals surface area contributed by atoms with Crippen LogP contribution in [-0.2, 0) is 0 Å². The Hall–Kier alpha value is -0.300. The lowest BCUT2D eigenvalue weighted by Gasteiger charge is -2.47. The molecule has 1 nitrogen and oxygen atoms in total. The van der Waals surface area contributed by atoms with Crippen molar-refractivity contribution in [3.63, 3.8) is 0 Å². The van der Waals surface area contributed by atoms with Crippen LogP contribution in [0.5, 0.6) is 0 Å². The molecule has 0 aliphatic heterocycles. The molecule has 0 spiro atoms. The average molecular weight is 196 g/mol. The number of hydrogen-bond acceptors (Lipinski definition) is 1. The van der Waals surface area contributed by atoms with E-state index in [1.807, 2.05) is 0 Å². The molecule has 0 bridgehead atoms. The molecule has 1 rings (SSSR count). The Morgan fingerprint density at radius 1 is 1.36 bits per heavy atom. The molecule has 0 aromatic rings. The van der Waals surface area contributed by atoms with Crippen LogP contribution in [0.2, 0.25) is 0 Å². The summed E-state index contributed by atoms with van der Waals surface area (Å²) >= 11 is 0. The Kier molecular flexibility index (Phi) is 3.10. The van der Waals surface area contributed by atoms with Gasteiger partial charge in [0, 0.05) is 0 Å². The van der Waals surface area contributed by atoms with Crippen molar-refractivity contribution in [2.75, 3.05) is 6.61 Å². The summed E-state index contributed by atoms with van der Waals surface area (Å²) in [7, 11) is 0. The third kappa shape index (κ3) is 2.38. The topological polar surface area (TPSA) is 20.2 Å². The zero-order chi connectivity index (χ0) is 11.0. The molecule has 0 aromatic carbocycles. The smallest absolute Gasteiger partial charge is 0.0642 e. The fourth-order valence-electron chi connectivity index (χ4n) is 3.24. The molecule has 1 heteroatoms. The molecule has 1 saturated carbocycles. The Labute approximate surface area is 88.2 Å². The van der Waals surface area contributed by atoms with Crippen molar-refractivity contribution >= 4 is 0 Å². The summed E-state index contributed by atoms with van der Waals surface area (Å²) in [6, 6.07) is 0. The van der Waals surface area contributed by atoms with Crippen molar-refractivity contribution in [1.29, 1.82) is 0 Å². The van der Waals surface area contributed by atoms with Gasteiger partial charge in [0.15, 0.2) is 0 Å². The minimum Gasteiger partial charge on any atom is -0.392 e. The van der Waals surface area contributed by atoms with Crippen LogP contribution < -0.4 is 0 Å². The summed E-state index contributed by atoms with van der Waals surface area (Å²) in [5, 5.41) is 9.15. The fourth-order valence-corrected chi connectivity index (χ4v) is 3.24. The first kappa shape index (κ1) is 11.8. The summed E-state index contributed by atoms with van der Waals surface area (Å²) in [5.74, 6) is 0.500. The number of aliphatic hydroxyl groups is 1. The fraction of sp³-hybridized carbons (Fsp3) is 0.846. The predicted molar refractivity (Wildman–Crippen MR) is 61.1 cm³/mol. The minimum atomic E-state index is 0.147. The maximum absolute atomic E-state index is 9.15. The van der Waals surface area contributed by atoms with Crippen LogP contribution in [-0.4, -0.2) is 11.7 Å². The summed E-state index contributed by atoms with van der Waals surface area (Å²) < 4.78 is 0. The number of hydrogen-bond donors (Lipinski definition) is 1. The van der Waals surface area contributed by atoms with Gasteiger partial charge in [-0.3, -0.25) is 0 Å². The summed E-state index contributed by atoms with van der Waals surface area (Å²) in [4.78, 5) is 0. The van der Waals surface area contributed by atoms with Gasteiger partial charge in [-0.25, -0.2) is 0 Å². The highest BCUT2D eigenvalue weighted by Gasteiger charge is 2.40. The van der Waals surface area contributed by atoms with E-state index in [0.717, 1.165) is 5.57 Å². The Balaban J connectivity index is 2.78. The lowest BCUT2D eigenvalue weighted by Crippen LogP contribution is -2.37. The van der Waals surface area contributed by atoms with Gasteiger partial charge in [-0.2, -0.15) is 0 Å². The highest BCUT2D eigenvalue weighted by Crippen LogP contribution is 2.51. The van der Waals surface area contributed by atoms with E-state index in [1.54, 1.807) is 0 Å². The second-order valence-corrected chi connectivity index (χ2v) is 6.24. The maximum atomic E-state index is 9.15. The van der Waals surface area contributed by atoms with E-state index < -0.39 is 0 Å². The van der Waals surface area contributed by atoms with Gasteiger partial charge in [-0.1, -0.05) is 34.3 Å². The van der Waals surface area contributed by atoms with Gasteiger partial charge in [-0.15, -0.1) is 0 Å². The summed E-state index contributed by atoms with van der Waals surface area (Å²) in [6.07, 6.45) is 3.66. The SMILES string of the molecule is C=C(CO)C1CCC(C)(C)CC1(C)C. The van der Waals surface area contributed by atoms with Crippen molar-refractivity contribution in [2.45, 2.75) is 47.0 Å². The molecule has 0 aromatic heterocycles. The first-order chi connectivity index (χ1) is 6.28. The van der Waals surface area contributed by atoms with Crippen molar-refractivity contribution < 1.29 is 5.11 Å². The monoisotopic (exact) mass is 196 g/mol. The van der Waals surface area contributed by atoms with Crippen LogP contribution in [0.1, 0.15) is 47.0 Å². The van der Waals surface area contributed by atoms with E-state index in [1.165, 1.54) is 19.3 Å². The van der Waals surface area contributed by atoms with Gasteiger partial charge >= 0.3 is 0 Å². The van der Waals surface area contributed by atoms with Gasteiger partial charge in [-0.05, 0) is 41.6 Å². The first-order valence-corrected chi connectivity index (χ1v) is 5.57. The quantitative estimate of drug-likeness (QED) is 0.671. The Morgan fingerprint density at radius 2 is 1.93 bits per heavy atom. The highest BCUT2D eigenvalue weighted by molar-refractivity contribution is 5.09. The van der Waals surface area contributed by atoms with Crippen molar-refractivity contribution in [3.05, 3.63) is 12.2 Å². The lowest BCUT2D eigenvalue weighted by atomic mass is 9.58. The molecule has 82 valence electrons. The zero-order valence-electron chi connectivity index (χ0n) is 10.1. The number of rotatable bonds is 2. The molecular weight excluding hydrogens is 172 g/mol. The van der Waals surface area contributed by atoms with E-state index in [-0.39, 0.29) is 6.61 Å². The van der Waals surface area contributed by atoms with Crippen molar-refractivity contribution in [3.8, 4) is 0 Å². The van der Waals surface area contributed by atoms with E-state index in [0.29, 0.717) is 16.7 Å². The van der Waals surface area contributed by atoms with Gasteiger partial charge in [0.2, 0.25) is 0 Å². The molecule has 14 heavy (non-hydrogen) atoms. The van der Waals surface area contributed by atoms with Crippen molar-refractivity contribution in [2.24, 2.45) is 16.7 Å². The molecule has 1 N–H and O–H groups in total. The molecule has 0 radical (unpaired) electrons. The van der Waals surface area contributed by atoms with Crippen LogP contribution >= 0.6 is 0 Å². The lowest BCUT2D eigenvalue weighted by molar-refractivity contribution is 0.0623. The Bertz CT molecular complexity index is 225. The molecule has 0 saturated heterocycles. The molecule has 1 atom stereocenters. The maximum Gasteiger partial charge on any atom is 0.0642 e. The molecule has 1 aliphatic carbocycles. The summed E-state index contributed by atoms with van der Waals surface area (Å²) in [5.41, 5.74) is 1.77. The third-order valence-corrected chi connectivity index (χ3v) is 3.68. The molecule has 0 heterocycles. The van der Waals surface area contributed by atoms with E-state index >= 15 is 0 Å². The van der Waals surface area contributed by atoms with Gasteiger partial charge in [0.05, 0.1) is 6.61 Å². The number of aliphatic hydroxyl groups excluding tert-OH is 1. The van der Waals surface area contributed by atoms with Gasteiger partial charge < -0.3 is 5.11 Å². The molecule has 1 aliphatic rings. The minimum absolute atomic E-state index is 0.147. The van der Waals surface area contributed by atoms with Crippen LogP contribution in [0.15, 0.2) is 12.2 Å². The second kappa shape index (κ2) is 3.69. The van der Waals surface area contributed by atoms with Gasteiger partial charge in [0.1, 0.15) is 0 Å². The highest BCUT2D eigenvalue weighted by atomic mass is 16.3. The average Bonchev–Trinajstić information content (AvgIpc) is 1.99. The Morgan fingerprint density at radius 3 is 2.36 bits per heavy atom. The van der Waals surface area contributed by atoms with E-state index in [4.69, 9.17) is 5.11 Å². The van der Waals surface area contributed by atoms with Gasteiger partial charge in [0.25, 0.3) is 0 Å². The van der Waals surface area contributed by atoms with Crippen LogP contribution in [0.4, 0.5) is 0 Å². The van der Waals surface area contributed by atoms with Crippen molar-refractivity contribution in [1.82, 2.24) is 0 Å². The van der Waals surface area contributed by atoms with Crippen LogP contribution in [0, 0.1) is 16.7 Å². The summed E-state index contributed by atoms with van der Waals surface area (Å²) in [6.45, 7) is 13.4. The third-order valence-electron chi connectivity index (χ3n) is 3.68. The normalized spacial score (nSPS) is 29.9. The van der Waals surface area contributed by atoms with Crippen LogP contribution in [0.25, 0.3) is 0 Å². The van der Waals surface area contributed by atoms with E-state index in [9.17, 15) is 0 Å². The zero-order valence-corrected chi connectivity index (χ0v) is 10.1. The predicted octanol–water partition coefficient (Wildman–Crippen LogP) is 3.39. The molecular formula is C13H24O.